The van der Waals surface area contributed by atoms with E-state index in [1.54, 1.807) is 0 Å². The van der Waals surface area contributed by atoms with Crippen LogP contribution in [0.15, 0.2) is 24.3 Å². The summed E-state index contributed by atoms with van der Waals surface area (Å²) in [5, 5.41) is 0. The highest BCUT2D eigenvalue weighted by Crippen LogP contribution is 2.19. The molecule has 0 unspecified atom stereocenters. The normalized spacial score (nSPS) is 11.3. The molecule has 94 valence electrons. The van der Waals surface area contributed by atoms with Gasteiger partial charge in [-0.15, -0.1) is 0 Å². The van der Waals surface area contributed by atoms with Gasteiger partial charge in [0.25, 0.3) is 0 Å². The lowest BCUT2D eigenvalue weighted by Gasteiger charge is -2.13. The lowest BCUT2D eigenvalue weighted by molar-refractivity contribution is 0.102. The first-order valence-corrected chi connectivity index (χ1v) is 4.91. The van der Waals surface area contributed by atoms with Crippen molar-refractivity contribution >= 4 is 12.7 Å². The molecule has 1 aromatic carbocycles. The van der Waals surface area contributed by atoms with Gasteiger partial charge in [-0.05, 0) is 17.7 Å². The lowest BCUT2D eigenvalue weighted by atomic mass is 9.80. The maximum atomic E-state index is 12.1. The highest BCUT2D eigenvalue weighted by molar-refractivity contribution is 6.93. The van der Waals surface area contributed by atoms with Crippen LogP contribution in [0.3, 0.4) is 0 Å². The van der Waals surface area contributed by atoms with Gasteiger partial charge in [0, 0.05) is 7.11 Å². The number of methoxy groups -OCH3 is 1. The Hall–Kier alpha value is -1.50. The number of ether oxygens (including phenoxy) is 2. The summed E-state index contributed by atoms with van der Waals surface area (Å²) in [7, 11) is 1.51. The molecule has 0 heterocycles. The van der Waals surface area contributed by atoms with E-state index in [1.807, 2.05) is 0 Å². The van der Waals surface area contributed by atoms with E-state index in [4.69, 9.17) is 9.47 Å². The molecule has 0 fully saturated rings. The number of rotatable bonds is 6. The highest BCUT2D eigenvalue weighted by atomic mass is 19.4. The van der Waals surface area contributed by atoms with E-state index < -0.39 is 12.7 Å². The van der Waals surface area contributed by atoms with Crippen LogP contribution in [0.2, 0.25) is 0 Å². The van der Waals surface area contributed by atoms with Crippen molar-refractivity contribution in [1.29, 1.82) is 0 Å². The van der Waals surface area contributed by atoms with Crippen LogP contribution in [-0.2, 0) is 4.74 Å². The van der Waals surface area contributed by atoms with E-state index in [9.17, 15) is 17.7 Å². The molecule has 0 atom stereocenters. The fraction of sp³-hybridized carbons (Fsp3) is 0.300. The van der Waals surface area contributed by atoms with Gasteiger partial charge in [-0.25, -0.2) is 0 Å². The molecule has 0 amide bonds. The standard InChI is InChI=1S/C10H11BF3O3/c1-16-6-7-17-9-4-2-8(3-5-9)10(15)11(12,13)14/h2-5H,6-7H2,1H3/q-1. The van der Waals surface area contributed by atoms with Gasteiger partial charge in [0.15, 0.2) is 0 Å². The van der Waals surface area contributed by atoms with Crippen molar-refractivity contribution in [3.63, 3.8) is 0 Å². The van der Waals surface area contributed by atoms with E-state index in [-0.39, 0.29) is 5.56 Å². The predicted octanol–water partition coefficient (Wildman–Crippen LogP) is 2.28. The number of carbonyl (C=O) groups excluding carboxylic acids is 1. The minimum atomic E-state index is -5.48. The van der Waals surface area contributed by atoms with Crippen LogP contribution >= 0.6 is 0 Å². The molecule has 1 aromatic rings. The van der Waals surface area contributed by atoms with Crippen molar-refractivity contribution in [1.82, 2.24) is 0 Å². The second-order valence-corrected chi connectivity index (χ2v) is 3.30. The fourth-order valence-corrected chi connectivity index (χ4v) is 1.15. The van der Waals surface area contributed by atoms with Crippen molar-refractivity contribution in [2.24, 2.45) is 0 Å². The third-order valence-corrected chi connectivity index (χ3v) is 1.99. The van der Waals surface area contributed by atoms with Crippen molar-refractivity contribution in [2.45, 2.75) is 0 Å². The molecule has 0 radical (unpaired) electrons. The van der Waals surface area contributed by atoms with Gasteiger partial charge in [0.05, 0.1) is 6.61 Å². The third-order valence-electron chi connectivity index (χ3n) is 1.99. The molecule has 3 nitrogen and oxygen atoms in total. The van der Waals surface area contributed by atoms with Crippen LogP contribution in [0, 0.1) is 0 Å². The lowest BCUT2D eigenvalue weighted by Crippen LogP contribution is -2.29. The smallest absolute Gasteiger partial charge is 0.491 e. The third kappa shape index (κ3) is 4.11. The largest absolute Gasteiger partial charge is 0.549 e. The Bertz CT molecular complexity index is 375. The van der Waals surface area contributed by atoms with Gasteiger partial charge >= 0.3 is 6.98 Å². The Labute approximate surface area is 96.6 Å². The Morgan fingerprint density at radius 2 is 1.76 bits per heavy atom. The van der Waals surface area contributed by atoms with Gasteiger partial charge in [-0.3, -0.25) is 0 Å². The van der Waals surface area contributed by atoms with Gasteiger partial charge in [-0.2, -0.15) is 0 Å². The van der Waals surface area contributed by atoms with Crippen LogP contribution < -0.4 is 4.74 Å². The zero-order valence-electron chi connectivity index (χ0n) is 9.16. The molecule has 0 aliphatic heterocycles. The number of hydrogen-bond acceptors (Lipinski definition) is 3. The summed E-state index contributed by atoms with van der Waals surface area (Å²) in [6.45, 7) is -4.80. The molecule has 1 rings (SSSR count). The summed E-state index contributed by atoms with van der Waals surface area (Å²) in [5.74, 6) is 0.397. The Morgan fingerprint density at radius 1 is 1.18 bits per heavy atom. The molecule has 7 heteroatoms. The molecule has 0 bridgehead atoms. The van der Waals surface area contributed by atoms with Crippen LogP contribution in [0.25, 0.3) is 0 Å². The van der Waals surface area contributed by atoms with Crippen LogP contribution in [0.1, 0.15) is 10.4 Å². The number of halogens is 3. The predicted molar refractivity (Wildman–Crippen MR) is 57.2 cm³/mol. The maximum Gasteiger partial charge on any atom is 0.549 e. The van der Waals surface area contributed by atoms with E-state index in [2.05, 4.69) is 0 Å². The maximum absolute atomic E-state index is 12.1. The topological polar surface area (TPSA) is 35.5 Å². The monoisotopic (exact) mass is 247 g/mol. The second kappa shape index (κ2) is 5.72. The van der Waals surface area contributed by atoms with Gasteiger partial charge < -0.3 is 27.2 Å². The molecule has 0 saturated carbocycles. The van der Waals surface area contributed by atoms with Crippen molar-refractivity contribution in [3.8, 4) is 5.75 Å². The first kappa shape index (κ1) is 13.6. The average Bonchev–Trinajstić information content (AvgIpc) is 2.28. The summed E-state index contributed by atoms with van der Waals surface area (Å²) in [6.07, 6.45) is 0. The van der Waals surface area contributed by atoms with Crippen LogP contribution in [0.4, 0.5) is 12.9 Å². The first-order valence-electron chi connectivity index (χ1n) is 4.91. The summed E-state index contributed by atoms with van der Waals surface area (Å²) < 4.78 is 46.3. The summed E-state index contributed by atoms with van der Waals surface area (Å²) in [5.41, 5.74) is -2.18. The molecule has 0 aliphatic carbocycles. The Balaban J connectivity index is 2.65. The molecule has 17 heavy (non-hydrogen) atoms. The van der Waals surface area contributed by atoms with E-state index in [1.165, 1.54) is 19.2 Å². The molecule has 0 N–H and O–H groups in total. The van der Waals surface area contributed by atoms with Crippen LogP contribution in [0.5, 0.6) is 5.75 Å². The van der Waals surface area contributed by atoms with Crippen molar-refractivity contribution in [3.05, 3.63) is 29.8 Å². The minimum absolute atomic E-state index is 0.299. The molecule has 0 spiro atoms. The number of benzene rings is 1. The van der Waals surface area contributed by atoms with Gasteiger partial charge in [-0.1, -0.05) is 12.1 Å². The SMILES string of the molecule is COCCOc1ccc(C(=O)[B-](F)(F)F)cc1. The summed E-state index contributed by atoms with van der Waals surface area (Å²) >= 11 is 0. The highest BCUT2D eigenvalue weighted by Gasteiger charge is 2.33. The van der Waals surface area contributed by atoms with E-state index in [0.717, 1.165) is 12.1 Å². The molecule has 0 saturated heterocycles. The van der Waals surface area contributed by atoms with Gasteiger partial charge in [0.1, 0.15) is 18.0 Å². The molecule has 0 aromatic heterocycles. The quantitative estimate of drug-likeness (QED) is 0.571. The molecular weight excluding hydrogens is 236 g/mol. The summed E-state index contributed by atoms with van der Waals surface area (Å²) in [6, 6.07) is 4.84. The van der Waals surface area contributed by atoms with Crippen LogP contribution in [-0.4, -0.2) is 33.0 Å². The second-order valence-electron chi connectivity index (χ2n) is 3.30. The average molecular weight is 247 g/mol. The summed E-state index contributed by atoms with van der Waals surface area (Å²) in [4.78, 5) is 10.9. The van der Waals surface area contributed by atoms with Crippen molar-refractivity contribution in [2.75, 3.05) is 20.3 Å². The van der Waals surface area contributed by atoms with E-state index in [0.29, 0.717) is 19.0 Å². The molecule has 0 aliphatic rings. The first-order chi connectivity index (χ1) is 7.95. The number of hydrogen-bond donors (Lipinski definition) is 0. The van der Waals surface area contributed by atoms with Crippen molar-refractivity contribution < 1.29 is 27.2 Å². The number of carbonyl (C=O) groups is 1. The molecular formula is C10H11BF3O3-. The van der Waals surface area contributed by atoms with E-state index >= 15 is 0 Å². The Kier molecular flexibility index (Phi) is 4.57. The minimum Gasteiger partial charge on any atom is -0.491 e. The fourth-order valence-electron chi connectivity index (χ4n) is 1.15. The zero-order chi connectivity index (χ0) is 12.9. The zero-order valence-corrected chi connectivity index (χ0v) is 9.16. The Morgan fingerprint density at radius 3 is 2.24 bits per heavy atom. The van der Waals surface area contributed by atoms with Gasteiger partial charge in [0.2, 0.25) is 0 Å².